The summed E-state index contributed by atoms with van der Waals surface area (Å²) in [5, 5.41) is 0. The number of carbonyl (C=O) groups is 1. The molecule has 1 fully saturated rings. The monoisotopic (exact) mass is 245 g/mol. The van der Waals surface area contributed by atoms with Gasteiger partial charge in [-0.3, -0.25) is 4.79 Å². The topological polar surface area (TPSA) is 20.3 Å². The van der Waals surface area contributed by atoms with E-state index in [1.165, 1.54) is 11.3 Å². The number of hydrogen-bond donors (Lipinski definition) is 0. The summed E-state index contributed by atoms with van der Waals surface area (Å²) in [5.41, 5.74) is 2.60. The van der Waals surface area contributed by atoms with Gasteiger partial charge in [-0.2, -0.15) is 0 Å². The molecule has 0 bridgehead atoms. The van der Waals surface area contributed by atoms with Crippen molar-refractivity contribution in [3.8, 4) is 0 Å². The Morgan fingerprint density at radius 3 is 2.50 bits per heavy atom. The molecule has 0 atom stereocenters. The minimum atomic E-state index is -0.0691. The van der Waals surface area contributed by atoms with Crippen molar-refractivity contribution in [3.05, 3.63) is 29.8 Å². The van der Waals surface area contributed by atoms with E-state index in [2.05, 4.69) is 56.9 Å². The molecule has 1 heterocycles. The van der Waals surface area contributed by atoms with Crippen LogP contribution in [0.2, 0.25) is 0 Å². The van der Waals surface area contributed by atoms with Crippen molar-refractivity contribution in [2.75, 3.05) is 11.4 Å². The molecule has 1 saturated heterocycles. The zero-order valence-electron chi connectivity index (χ0n) is 11.9. The molecule has 2 rings (SSSR count). The van der Waals surface area contributed by atoms with Gasteiger partial charge in [-0.05, 0) is 31.4 Å². The molecule has 2 heteroatoms. The Balaban J connectivity index is 2.39. The van der Waals surface area contributed by atoms with Crippen LogP contribution in [0.15, 0.2) is 24.3 Å². The number of carbonyl (C=O) groups excluding carboxylic acids is 1. The predicted octanol–water partition coefficient (Wildman–Crippen LogP) is 3.76. The second kappa shape index (κ2) is 4.75. The lowest BCUT2D eigenvalue weighted by molar-refractivity contribution is -0.121. The molecular weight excluding hydrogens is 222 g/mol. The van der Waals surface area contributed by atoms with Gasteiger partial charge in [-0.1, -0.05) is 32.0 Å². The highest BCUT2D eigenvalue weighted by atomic mass is 16.1. The first kappa shape index (κ1) is 13.1. The molecule has 0 saturated carbocycles. The van der Waals surface area contributed by atoms with Gasteiger partial charge >= 0.3 is 0 Å². The maximum absolute atomic E-state index is 11.6. The number of benzene rings is 1. The third-order valence-corrected chi connectivity index (χ3v) is 3.82. The number of piperidine rings is 1. The minimum absolute atomic E-state index is 0.0691. The van der Waals surface area contributed by atoms with Gasteiger partial charge in [0.1, 0.15) is 5.78 Å². The molecule has 0 radical (unpaired) electrons. The molecule has 1 aromatic carbocycles. The number of rotatable bonds is 2. The highest BCUT2D eigenvalue weighted by Gasteiger charge is 2.34. The molecule has 1 aliphatic rings. The van der Waals surface area contributed by atoms with E-state index in [9.17, 15) is 4.79 Å². The third-order valence-electron chi connectivity index (χ3n) is 3.82. The second-order valence-corrected chi connectivity index (χ2v) is 6.14. The van der Waals surface area contributed by atoms with Gasteiger partial charge in [-0.15, -0.1) is 0 Å². The van der Waals surface area contributed by atoms with Crippen molar-refractivity contribution < 1.29 is 4.79 Å². The van der Waals surface area contributed by atoms with Crippen LogP contribution in [0.5, 0.6) is 0 Å². The summed E-state index contributed by atoms with van der Waals surface area (Å²) < 4.78 is 0. The quantitative estimate of drug-likeness (QED) is 0.790. The largest absolute Gasteiger partial charge is 0.365 e. The van der Waals surface area contributed by atoms with E-state index in [0.29, 0.717) is 24.5 Å². The van der Waals surface area contributed by atoms with Gasteiger partial charge in [0.05, 0.1) is 0 Å². The Morgan fingerprint density at radius 2 is 1.89 bits per heavy atom. The molecule has 98 valence electrons. The van der Waals surface area contributed by atoms with Crippen LogP contribution < -0.4 is 4.90 Å². The van der Waals surface area contributed by atoms with Gasteiger partial charge in [0, 0.05) is 30.6 Å². The summed E-state index contributed by atoms with van der Waals surface area (Å²) in [5.74, 6) is 0.896. The van der Waals surface area contributed by atoms with Crippen LogP contribution in [0.25, 0.3) is 0 Å². The lowest BCUT2D eigenvalue weighted by Gasteiger charge is -2.44. The Morgan fingerprint density at radius 1 is 1.22 bits per heavy atom. The molecule has 1 aliphatic heterocycles. The number of Topliss-reactive ketones (excluding diaryl/α,β-unsaturated/α-hetero) is 1. The number of hydrogen-bond acceptors (Lipinski definition) is 2. The summed E-state index contributed by atoms with van der Waals surface area (Å²) >= 11 is 0. The molecule has 0 amide bonds. The van der Waals surface area contributed by atoms with E-state index in [-0.39, 0.29) is 5.54 Å². The number of nitrogens with zero attached hydrogens (tertiary/aromatic N) is 1. The molecule has 0 spiro atoms. The summed E-state index contributed by atoms with van der Waals surface area (Å²) in [6, 6.07) is 8.58. The SMILES string of the molecule is CC(C)c1ccccc1N1CCC(=O)CC1(C)C. The summed E-state index contributed by atoms with van der Waals surface area (Å²) in [6.07, 6.45) is 1.33. The molecular formula is C16H23NO. The van der Waals surface area contributed by atoms with Crippen molar-refractivity contribution in [3.63, 3.8) is 0 Å². The van der Waals surface area contributed by atoms with Crippen LogP contribution in [-0.2, 0) is 4.79 Å². The average molecular weight is 245 g/mol. The zero-order chi connectivity index (χ0) is 13.3. The molecule has 2 nitrogen and oxygen atoms in total. The highest BCUT2D eigenvalue weighted by molar-refractivity contribution is 5.82. The number of ketones is 1. The standard InChI is InChI=1S/C16H23NO/c1-12(2)14-7-5-6-8-15(14)17-10-9-13(18)11-16(17,3)4/h5-8,12H,9-11H2,1-4H3. The third kappa shape index (κ3) is 2.43. The summed E-state index contributed by atoms with van der Waals surface area (Å²) in [4.78, 5) is 14.1. The van der Waals surface area contributed by atoms with Crippen molar-refractivity contribution in [2.24, 2.45) is 0 Å². The normalized spacial score (nSPS) is 19.4. The maximum Gasteiger partial charge on any atom is 0.136 e. The Bertz CT molecular complexity index is 448. The van der Waals surface area contributed by atoms with Crippen molar-refractivity contribution >= 4 is 11.5 Å². The van der Waals surface area contributed by atoms with Crippen LogP contribution >= 0.6 is 0 Å². The van der Waals surface area contributed by atoms with Crippen molar-refractivity contribution in [1.29, 1.82) is 0 Å². The maximum atomic E-state index is 11.6. The van der Waals surface area contributed by atoms with E-state index in [1.807, 2.05) is 0 Å². The van der Waals surface area contributed by atoms with Gasteiger partial charge < -0.3 is 4.90 Å². The lowest BCUT2D eigenvalue weighted by atomic mass is 9.87. The average Bonchev–Trinajstić information content (AvgIpc) is 2.27. The summed E-state index contributed by atoms with van der Waals surface area (Å²) in [6.45, 7) is 9.62. The Kier molecular flexibility index (Phi) is 3.47. The summed E-state index contributed by atoms with van der Waals surface area (Å²) in [7, 11) is 0. The van der Waals surface area contributed by atoms with E-state index in [4.69, 9.17) is 0 Å². The molecule has 0 N–H and O–H groups in total. The minimum Gasteiger partial charge on any atom is -0.365 e. The first-order valence-electron chi connectivity index (χ1n) is 6.80. The zero-order valence-corrected chi connectivity index (χ0v) is 11.9. The van der Waals surface area contributed by atoms with Crippen molar-refractivity contribution in [1.82, 2.24) is 0 Å². The van der Waals surface area contributed by atoms with E-state index >= 15 is 0 Å². The van der Waals surface area contributed by atoms with Crippen LogP contribution in [0, 0.1) is 0 Å². The number of para-hydroxylation sites is 1. The van der Waals surface area contributed by atoms with Crippen molar-refractivity contribution in [2.45, 2.75) is 52.0 Å². The molecule has 0 unspecified atom stereocenters. The van der Waals surface area contributed by atoms with Crippen LogP contribution in [-0.4, -0.2) is 17.9 Å². The van der Waals surface area contributed by atoms with E-state index in [1.54, 1.807) is 0 Å². The second-order valence-electron chi connectivity index (χ2n) is 6.14. The molecule has 1 aromatic rings. The predicted molar refractivity (Wildman–Crippen MR) is 76.2 cm³/mol. The Hall–Kier alpha value is -1.31. The fourth-order valence-electron chi connectivity index (χ4n) is 2.87. The van der Waals surface area contributed by atoms with Crippen LogP contribution in [0.4, 0.5) is 5.69 Å². The fourth-order valence-corrected chi connectivity index (χ4v) is 2.87. The van der Waals surface area contributed by atoms with E-state index < -0.39 is 0 Å². The lowest BCUT2D eigenvalue weighted by Crippen LogP contribution is -2.50. The van der Waals surface area contributed by atoms with Gasteiger partial charge in [0.25, 0.3) is 0 Å². The highest BCUT2D eigenvalue weighted by Crippen LogP contribution is 2.35. The smallest absolute Gasteiger partial charge is 0.136 e. The van der Waals surface area contributed by atoms with Crippen LogP contribution in [0.3, 0.4) is 0 Å². The van der Waals surface area contributed by atoms with Gasteiger partial charge in [0.2, 0.25) is 0 Å². The molecule has 0 aliphatic carbocycles. The fraction of sp³-hybridized carbons (Fsp3) is 0.562. The van der Waals surface area contributed by atoms with Gasteiger partial charge in [-0.25, -0.2) is 0 Å². The first-order valence-corrected chi connectivity index (χ1v) is 6.80. The van der Waals surface area contributed by atoms with E-state index in [0.717, 1.165) is 6.54 Å². The van der Waals surface area contributed by atoms with Crippen LogP contribution in [0.1, 0.15) is 52.0 Å². The Labute approximate surface area is 110 Å². The molecule has 18 heavy (non-hydrogen) atoms. The number of anilines is 1. The first-order chi connectivity index (χ1) is 8.42. The molecule has 0 aromatic heterocycles. The van der Waals surface area contributed by atoms with Gasteiger partial charge in [0.15, 0.2) is 0 Å².